The molecule has 3 amide bonds. The van der Waals surface area contributed by atoms with Crippen LogP contribution in [-0.2, 0) is 9.53 Å². The van der Waals surface area contributed by atoms with E-state index in [1.54, 1.807) is 27.4 Å². The van der Waals surface area contributed by atoms with Crippen LogP contribution in [0.5, 0.6) is 11.5 Å². The average Bonchev–Trinajstić information content (AvgIpc) is 3.35. The lowest BCUT2D eigenvalue weighted by Gasteiger charge is -2.27. The Bertz CT molecular complexity index is 1030. The second-order valence-corrected chi connectivity index (χ2v) is 8.13. The Labute approximate surface area is 206 Å². The SMILES string of the molecule is CCCNC(=O)N(CCOC)CC(=O)N1N=C(c2ccc(OC)cc2OC)C[C@H]1c1ccccc1. The Morgan fingerprint density at radius 2 is 1.89 bits per heavy atom. The fourth-order valence-electron chi connectivity index (χ4n) is 3.91. The molecule has 1 atom stereocenters. The van der Waals surface area contributed by atoms with Crippen molar-refractivity contribution in [1.82, 2.24) is 15.2 Å². The number of hydrogen-bond acceptors (Lipinski definition) is 6. The van der Waals surface area contributed by atoms with Crippen LogP contribution in [-0.4, -0.2) is 75.1 Å². The molecule has 1 aliphatic heterocycles. The lowest BCUT2D eigenvalue weighted by atomic mass is 9.98. The van der Waals surface area contributed by atoms with E-state index in [2.05, 4.69) is 5.32 Å². The van der Waals surface area contributed by atoms with Gasteiger partial charge in [0.2, 0.25) is 0 Å². The van der Waals surface area contributed by atoms with Crippen molar-refractivity contribution in [3.8, 4) is 11.5 Å². The molecule has 0 saturated carbocycles. The summed E-state index contributed by atoms with van der Waals surface area (Å²) in [5, 5.41) is 9.05. The highest BCUT2D eigenvalue weighted by molar-refractivity contribution is 6.05. The highest BCUT2D eigenvalue weighted by Crippen LogP contribution is 2.36. The van der Waals surface area contributed by atoms with Crippen LogP contribution >= 0.6 is 0 Å². The smallest absolute Gasteiger partial charge is 0.317 e. The zero-order chi connectivity index (χ0) is 25.2. The van der Waals surface area contributed by atoms with Crippen molar-refractivity contribution in [2.75, 3.05) is 47.6 Å². The van der Waals surface area contributed by atoms with E-state index in [-0.39, 0.29) is 24.5 Å². The van der Waals surface area contributed by atoms with E-state index in [1.807, 2.05) is 49.4 Å². The van der Waals surface area contributed by atoms with Crippen LogP contribution in [0.15, 0.2) is 53.6 Å². The number of nitrogens with one attached hydrogen (secondary N) is 1. The summed E-state index contributed by atoms with van der Waals surface area (Å²) in [6.45, 7) is 3.02. The summed E-state index contributed by atoms with van der Waals surface area (Å²) >= 11 is 0. The van der Waals surface area contributed by atoms with Gasteiger partial charge < -0.3 is 24.4 Å². The van der Waals surface area contributed by atoms with Crippen molar-refractivity contribution in [3.05, 3.63) is 59.7 Å². The van der Waals surface area contributed by atoms with Crippen molar-refractivity contribution in [3.63, 3.8) is 0 Å². The van der Waals surface area contributed by atoms with Gasteiger partial charge >= 0.3 is 6.03 Å². The summed E-state index contributed by atoms with van der Waals surface area (Å²) in [6, 6.07) is 14.7. The number of rotatable bonds is 11. The minimum absolute atomic E-state index is 0.112. The molecule has 0 radical (unpaired) electrons. The molecule has 0 saturated heterocycles. The van der Waals surface area contributed by atoms with E-state index in [4.69, 9.17) is 19.3 Å². The van der Waals surface area contributed by atoms with Gasteiger partial charge in [-0.2, -0.15) is 5.10 Å². The zero-order valence-electron chi connectivity index (χ0n) is 20.8. The van der Waals surface area contributed by atoms with Crippen LogP contribution in [0.25, 0.3) is 0 Å². The zero-order valence-corrected chi connectivity index (χ0v) is 20.8. The van der Waals surface area contributed by atoms with Gasteiger partial charge in [-0.3, -0.25) is 4.79 Å². The number of ether oxygens (including phenoxy) is 3. The van der Waals surface area contributed by atoms with Gasteiger partial charge in [0, 0.05) is 38.2 Å². The number of urea groups is 1. The minimum Gasteiger partial charge on any atom is -0.497 e. The first-order chi connectivity index (χ1) is 17.0. The van der Waals surface area contributed by atoms with Gasteiger partial charge in [0.25, 0.3) is 5.91 Å². The van der Waals surface area contributed by atoms with Crippen molar-refractivity contribution < 1.29 is 23.8 Å². The van der Waals surface area contributed by atoms with E-state index in [0.29, 0.717) is 37.6 Å². The number of amides is 3. The van der Waals surface area contributed by atoms with Gasteiger partial charge in [0.1, 0.15) is 18.0 Å². The first kappa shape index (κ1) is 26.0. The van der Waals surface area contributed by atoms with Crippen molar-refractivity contribution >= 4 is 17.6 Å². The lowest BCUT2D eigenvalue weighted by Crippen LogP contribution is -2.47. The van der Waals surface area contributed by atoms with Gasteiger partial charge in [-0.15, -0.1) is 0 Å². The quantitative estimate of drug-likeness (QED) is 0.530. The number of benzene rings is 2. The maximum Gasteiger partial charge on any atom is 0.317 e. The van der Waals surface area contributed by atoms with Crippen molar-refractivity contribution in [2.24, 2.45) is 5.10 Å². The highest BCUT2D eigenvalue weighted by atomic mass is 16.5. The molecule has 0 bridgehead atoms. The van der Waals surface area contributed by atoms with E-state index < -0.39 is 0 Å². The normalized spacial score (nSPS) is 14.9. The predicted octanol–water partition coefficient (Wildman–Crippen LogP) is 3.45. The highest BCUT2D eigenvalue weighted by Gasteiger charge is 2.35. The molecule has 9 heteroatoms. The molecule has 1 heterocycles. The molecule has 0 fully saturated rings. The number of hydrogen-bond donors (Lipinski definition) is 1. The van der Waals surface area contributed by atoms with E-state index in [1.165, 1.54) is 9.91 Å². The molecule has 1 aliphatic rings. The third kappa shape index (κ3) is 6.51. The molecule has 9 nitrogen and oxygen atoms in total. The van der Waals surface area contributed by atoms with Crippen LogP contribution in [0, 0.1) is 0 Å². The summed E-state index contributed by atoms with van der Waals surface area (Å²) in [7, 11) is 4.75. The molecule has 0 aliphatic carbocycles. The predicted molar refractivity (Wildman–Crippen MR) is 134 cm³/mol. The third-order valence-corrected chi connectivity index (χ3v) is 5.77. The Morgan fingerprint density at radius 1 is 1.11 bits per heavy atom. The lowest BCUT2D eigenvalue weighted by molar-refractivity contribution is -0.133. The van der Waals surface area contributed by atoms with E-state index in [0.717, 1.165) is 23.3 Å². The molecule has 1 N–H and O–H groups in total. The first-order valence-electron chi connectivity index (χ1n) is 11.7. The number of hydrazone groups is 1. The summed E-state index contributed by atoms with van der Waals surface area (Å²) in [6.07, 6.45) is 1.32. The van der Waals surface area contributed by atoms with E-state index >= 15 is 0 Å². The largest absolute Gasteiger partial charge is 0.497 e. The Morgan fingerprint density at radius 3 is 2.54 bits per heavy atom. The fraction of sp³-hybridized carbons (Fsp3) is 0.423. The number of carbonyl (C=O) groups excluding carboxylic acids is 2. The monoisotopic (exact) mass is 482 g/mol. The van der Waals surface area contributed by atoms with Crippen LogP contribution in [0.3, 0.4) is 0 Å². The molecule has 0 spiro atoms. The first-order valence-corrected chi connectivity index (χ1v) is 11.7. The number of carbonyl (C=O) groups is 2. The summed E-state index contributed by atoms with van der Waals surface area (Å²) in [5.74, 6) is 1.01. The molecular formula is C26H34N4O5. The molecular weight excluding hydrogens is 448 g/mol. The standard InChI is InChI=1S/C26H34N4O5/c1-5-13-27-26(32)29(14-15-33-2)18-25(31)30-23(19-9-7-6-8-10-19)17-22(28-30)21-12-11-20(34-3)16-24(21)35-4/h6-12,16,23H,5,13-15,17-18H2,1-4H3,(H,27,32)/t23-/m0/s1. The van der Waals surface area contributed by atoms with Gasteiger partial charge in [0.05, 0.1) is 32.6 Å². The molecule has 188 valence electrons. The summed E-state index contributed by atoms with van der Waals surface area (Å²) < 4.78 is 16.0. The van der Waals surface area contributed by atoms with Gasteiger partial charge in [-0.05, 0) is 24.1 Å². The van der Waals surface area contributed by atoms with Crippen molar-refractivity contribution in [2.45, 2.75) is 25.8 Å². The van der Waals surface area contributed by atoms with Crippen LogP contribution in [0.4, 0.5) is 4.79 Å². The van der Waals surface area contributed by atoms with Gasteiger partial charge in [-0.25, -0.2) is 9.80 Å². The second-order valence-electron chi connectivity index (χ2n) is 8.13. The van der Waals surface area contributed by atoms with E-state index in [9.17, 15) is 9.59 Å². The molecule has 2 aromatic carbocycles. The minimum atomic E-state index is -0.298. The molecule has 0 aromatic heterocycles. The average molecular weight is 483 g/mol. The Kier molecular flexibility index (Phi) is 9.48. The second kappa shape index (κ2) is 12.8. The fourth-order valence-corrected chi connectivity index (χ4v) is 3.91. The van der Waals surface area contributed by atoms with Crippen LogP contribution < -0.4 is 14.8 Å². The molecule has 2 aromatic rings. The maximum absolute atomic E-state index is 13.5. The van der Waals surface area contributed by atoms with Crippen molar-refractivity contribution in [1.29, 1.82) is 0 Å². The molecule has 35 heavy (non-hydrogen) atoms. The van der Waals surface area contributed by atoms with Crippen LogP contribution in [0.2, 0.25) is 0 Å². The number of methoxy groups -OCH3 is 3. The Balaban J connectivity index is 1.91. The summed E-state index contributed by atoms with van der Waals surface area (Å²) in [4.78, 5) is 27.6. The van der Waals surface area contributed by atoms with Crippen LogP contribution in [0.1, 0.15) is 36.9 Å². The van der Waals surface area contributed by atoms with Gasteiger partial charge in [-0.1, -0.05) is 37.3 Å². The molecule has 3 rings (SSSR count). The number of nitrogens with zero attached hydrogens (tertiary/aromatic N) is 3. The third-order valence-electron chi connectivity index (χ3n) is 5.77. The van der Waals surface area contributed by atoms with Gasteiger partial charge in [0.15, 0.2) is 0 Å². The summed E-state index contributed by atoms with van der Waals surface area (Å²) in [5.41, 5.74) is 2.48. The maximum atomic E-state index is 13.5. The molecule has 0 unspecified atom stereocenters. The Hall–Kier alpha value is -3.59. The topological polar surface area (TPSA) is 92.7 Å².